The highest BCUT2D eigenvalue weighted by atomic mass is 28.4. The fraction of sp³-hybridized carbons (Fsp3) is 0.818. The fourth-order valence-corrected chi connectivity index (χ4v) is 2.31. The van der Waals surface area contributed by atoms with Gasteiger partial charge in [-0.05, 0) is 18.1 Å². The third-order valence-corrected chi connectivity index (χ3v) is 7.44. The molecule has 0 unspecified atom stereocenters. The number of rotatable bonds is 4. The normalized spacial score (nSPS) is 12.3. The Morgan fingerprint density at radius 3 is 1.80 bits per heavy atom. The van der Waals surface area contributed by atoms with Gasteiger partial charge in [-0.3, -0.25) is 0 Å². The average Bonchev–Trinajstić information content (AvgIpc) is 2.02. The highest BCUT2D eigenvalue weighted by Gasteiger charge is 2.38. The molecule has 0 spiro atoms. The van der Waals surface area contributed by atoms with E-state index in [1.807, 2.05) is 0 Å². The van der Waals surface area contributed by atoms with Crippen LogP contribution in [0.2, 0.25) is 18.1 Å². The zero-order valence-corrected chi connectivity index (χ0v) is 11.3. The van der Waals surface area contributed by atoms with Crippen molar-refractivity contribution in [1.29, 1.82) is 10.5 Å². The van der Waals surface area contributed by atoms with E-state index in [4.69, 9.17) is 14.9 Å². The molecule has 0 aromatic heterocycles. The van der Waals surface area contributed by atoms with E-state index in [-0.39, 0.29) is 11.1 Å². The van der Waals surface area contributed by atoms with Gasteiger partial charge in [-0.2, -0.15) is 10.5 Å². The highest BCUT2D eigenvalue weighted by Crippen LogP contribution is 2.37. The van der Waals surface area contributed by atoms with E-state index in [1.54, 1.807) is 0 Å². The van der Waals surface area contributed by atoms with Crippen molar-refractivity contribution in [2.75, 3.05) is 0 Å². The molecule has 0 saturated carbocycles. The second kappa shape index (κ2) is 5.30. The molecule has 0 aromatic carbocycles. The molecule has 0 bridgehead atoms. The average molecular weight is 224 g/mol. The van der Waals surface area contributed by atoms with Gasteiger partial charge in [-0.25, -0.2) is 0 Å². The van der Waals surface area contributed by atoms with Crippen molar-refractivity contribution in [3.8, 4) is 12.1 Å². The van der Waals surface area contributed by atoms with Crippen LogP contribution < -0.4 is 0 Å². The lowest BCUT2D eigenvalue weighted by Crippen LogP contribution is -2.43. The van der Waals surface area contributed by atoms with Crippen LogP contribution in [0, 0.1) is 22.7 Å². The fourth-order valence-electron chi connectivity index (χ4n) is 0.953. The summed E-state index contributed by atoms with van der Waals surface area (Å²) >= 11 is 0. The molecule has 84 valence electrons. The van der Waals surface area contributed by atoms with E-state index in [0.717, 1.165) is 0 Å². The Balaban J connectivity index is 4.54. The van der Waals surface area contributed by atoms with Crippen molar-refractivity contribution in [2.45, 2.75) is 57.8 Å². The Hall–Kier alpha value is -0.843. The van der Waals surface area contributed by atoms with Crippen LogP contribution in [0.5, 0.6) is 0 Å². The molecule has 0 amide bonds. The van der Waals surface area contributed by atoms with Gasteiger partial charge >= 0.3 is 0 Å². The maximum atomic E-state index is 8.64. The third kappa shape index (κ3) is 4.46. The van der Waals surface area contributed by atoms with Crippen molar-refractivity contribution < 1.29 is 4.43 Å². The van der Waals surface area contributed by atoms with Crippen LogP contribution in [0.4, 0.5) is 0 Å². The first-order chi connectivity index (χ1) is 6.74. The van der Waals surface area contributed by atoms with Gasteiger partial charge in [0.25, 0.3) is 0 Å². The molecule has 0 saturated heterocycles. The molecule has 0 N–H and O–H groups in total. The van der Waals surface area contributed by atoms with Gasteiger partial charge in [0.05, 0.1) is 31.1 Å². The monoisotopic (exact) mass is 224 g/mol. The Labute approximate surface area is 93.8 Å². The number of hydrogen-bond acceptors (Lipinski definition) is 3. The Kier molecular flexibility index (Phi) is 5.00. The molecule has 0 heterocycles. The smallest absolute Gasteiger partial charge is 0.192 e. The Morgan fingerprint density at radius 2 is 1.53 bits per heavy atom. The van der Waals surface area contributed by atoms with Crippen LogP contribution in [0.3, 0.4) is 0 Å². The second-order valence-electron chi connectivity index (χ2n) is 5.22. The van der Waals surface area contributed by atoms with Crippen LogP contribution in [0.15, 0.2) is 0 Å². The number of nitriles is 2. The highest BCUT2D eigenvalue weighted by molar-refractivity contribution is 6.74. The topological polar surface area (TPSA) is 56.8 Å². The summed E-state index contributed by atoms with van der Waals surface area (Å²) in [5, 5.41) is 17.4. The van der Waals surface area contributed by atoms with Crippen molar-refractivity contribution in [3.05, 3.63) is 0 Å². The van der Waals surface area contributed by atoms with Gasteiger partial charge in [-0.15, -0.1) is 0 Å². The number of nitrogens with zero attached hydrogens (tertiary/aromatic N) is 2. The molecule has 0 aliphatic rings. The molecule has 4 heteroatoms. The summed E-state index contributed by atoms with van der Waals surface area (Å²) < 4.78 is 5.98. The lowest BCUT2D eigenvalue weighted by Gasteiger charge is -2.38. The van der Waals surface area contributed by atoms with Crippen molar-refractivity contribution in [1.82, 2.24) is 0 Å². The molecule has 3 nitrogen and oxygen atoms in total. The summed E-state index contributed by atoms with van der Waals surface area (Å²) in [6.45, 7) is 10.7. The zero-order chi connectivity index (χ0) is 12.1. The minimum atomic E-state index is -1.84. The Morgan fingerprint density at radius 1 is 1.13 bits per heavy atom. The van der Waals surface area contributed by atoms with Crippen LogP contribution in [-0.4, -0.2) is 14.4 Å². The van der Waals surface area contributed by atoms with Gasteiger partial charge in [0.1, 0.15) is 0 Å². The molecule has 0 radical (unpaired) electrons. The van der Waals surface area contributed by atoms with Gasteiger partial charge in [0, 0.05) is 0 Å². The second-order valence-corrected chi connectivity index (χ2v) is 9.98. The van der Waals surface area contributed by atoms with Gasteiger partial charge in [0.15, 0.2) is 8.32 Å². The zero-order valence-electron chi connectivity index (χ0n) is 10.3. The molecule has 0 aliphatic carbocycles. The minimum Gasteiger partial charge on any atom is -0.412 e. The quantitative estimate of drug-likeness (QED) is 0.689. The predicted octanol–water partition coefficient (Wildman–Crippen LogP) is 3.20. The first kappa shape index (κ1) is 14.2. The number of hydrogen-bond donors (Lipinski definition) is 0. The van der Waals surface area contributed by atoms with E-state index in [9.17, 15) is 0 Å². The molecule has 0 aromatic rings. The molecule has 0 aliphatic heterocycles. The Bertz CT molecular complexity index is 264. The molecule has 0 fully saturated rings. The summed E-state index contributed by atoms with van der Waals surface area (Å²) in [7, 11) is -1.84. The summed E-state index contributed by atoms with van der Waals surface area (Å²) in [4.78, 5) is 0. The summed E-state index contributed by atoms with van der Waals surface area (Å²) in [5.74, 6) is 0. The first-order valence-corrected chi connectivity index (χ1v) is 8.07. The van der Waals surface area contributed by atoms with Crippen molar-refractivity contribution >= 4 is 8.32 Å². The predicted molar refractivity (Wildman–Crippen MR) is 62.5 cm³/mol. The van der Waals surface area contributed by atoms with Crippen molar-refractivity contribution in [2.24, 2.45) is 0 Å². The van der Waals surface area contributed by atoms with Gasteiger partial charge < -0.3 is 4.43 Å². The van der Waals surface area contributed by atoms with E-state index in [1.165, 1.54) is 0 Å². The standard InChI is InChI=1S/C11H20N2OSi/c1-11(2,3)15(4,5)14-10(6-8-12)7-9-13/h10H,6-7H2,1-5H3. The van der Waals surface area contributed by atoms with E-state index >= 15 is 0 Å². The van der Waals surface area contributed by atoms with Crippen LogP contribution in [0.1, 0.15) is 33.6 Å². The van der Waals surface area contributed by atoms with Crippen LogP contribution >= 0.6 is 0 Å². The summed E-state index contributed by atoms with van der Waals surface area (Å²) in [5.41, 5.74) is 0. The molecular formula is C11H20N2OSi. The SMILES string of the molecule is CC(C)(C)[Si](C)(C)OC(CC#N)CC#N. The minimum absolute atomic E-state index is 0.121. The summed E-state index contributed by atoms with van der Waals surface area (Å²) in [6.07, 6.45) is 0.390. The van der Waals surface area contributed by atoms with Crippen molar-refractivity contribution in [3.63, 3.8) is 0 Å². The van der Waals surface area contributed by atoms with Crippen LogP contribution in [-0.2, 0) is 4.43 Å². The lowest BCUT2D eigenvalue weighted by atomic mass is 10.2. The van der Waals surface area contributed by atoms with Crippen LogP contribution in [0.25, 0.3) is 0 Å². The molecule has 15 heavy (non-hydrogen) atoms. The van der Waals surface area contributed by atoms with E-state index < -0.39 is 8.32 Å². The molecule has 0 rings (SSSR count). The first-order valence-electron chi connectivity index (χ1n) is 5.16. The lowest BCUT2D eigenvalue weighted by molar-refractivity contribution is 0.190. The maximum Gasteiger partial charge on any atom is 0.192 e. The van der Waals surface area contributed by atoms with Gasteiger partial charge in [0.2, 0.25) is 0 Å². The summed E-state index contributed by atoms with van der Waals surface area (Å²) in [6, 6.07) is 4.15. The molecular weight excluding hydrogens is 204 g/mol. The molecule has 0 atom stereocenters. The van der Waals surface area contributed by atoms with E-state index in [2.05, 4.69) is 46.0 Å². The van der Waals surface area contributed by atoms with E-state index in [0.29, 0.717) is 12.8 Å². The third-order valence-electron chi connectivity index (χ3n) is 2.91. The maximum absolute atomic E-state index is 8.64. The van der Waals surface area contributed by atoms with Gasteiger partial charge in [-0.1, -0.05) is 20.8 Å². The largest absolute Gasteiger partial charge is 0.412 e.